The third kappa shape index (κ3) is 6.94. The van der Waals surface area contributed by atoms with Gasteiger partial charge in [0, 0.05) is 18.5 Å². The third-order valence-corrected chi connectivity index (χ3v) is 2.76. The Morgan fingerprint density at radius 3 is 2.24 bits per heavy atom. The second-order valence-corrected chi connectivity index (χ2v) is 4.63. The highest BCUT2D eigenvalue weighted by molar-refractivity contribution is 5.84. The van der Waals surface area contributed by atoms with Gasteiger partial charge in [-0.15, -0.1) is 0 Å². The van der Waals surface area contributed by atoms with Gasteiger partial charge in [-0.05, 0) is 26.7 Å². The van der Waals surface area contributed by atoms with Crippen LogP contribution in [0.15, 0.2) is 0 Å². The average molecular weight is 243 g/mol. The molecule has 17 heavy (non-hydrogen) atoms. The van der Waals surface area contributed by atoms with E-state index in [-0.39, 0.29) is 24.4 Å². The number of carbonyl (C=O) groups is 2. The van der Waals surface area contributed by atoms with Crippen LogP contribution in [-0.2, 0) is 9.59 Å². The summed E-state index contributed by atoms with van der Waals surface area (Å²) in [6.07, 6.45) is 2.65. The maximum atomic E-state index is 12.0. The fourth-order valence-electron chi connectivity index (χ4n) is 1.71. The second-order valence-electron chi connectivity index (χ2n) is 4.63. The fraction of sp³-hybridized carbons (Fsp3) is 0.833. The first-order valence-corrected chi connectivity index (χ1v) is 6.21. The van der Waals surface area contributed by atoms with Crippen LogP contribution >= 0.6 is 0 Å². The molecule has 0 fully saturated rings. The minimum Gasteiger partial charge on any atom is -0.368 e. The number of hydrogen-bond acceptors (Lipinski definition) is 3. The van der Waals surface area contributed by atoms with Gasteiger partial charge < -0.3 is 16.4 Å². The molecule has 0 bridgehead atoms. The minimum atomic E-state index is -0.469. The van der Waals surface area contributed by atoms with E-state index in [1.54, 1.807) is 0 Å². The molecule has 0 spiro atoms. The largest absolute Gasteiger partial charge is 0.368 e. The zero-order valence-electron chi connectivity index (χ0n) is 11.1. The quantitative estimate of drug-likeness (QED) is 0.649. The van der Waals surface area contributed by atoms with Crippen molar-refractivity contribution in [2.24, 2.45) is 17.4 Å². The van der Waals surface area contributed by atoms with Gasteiger partial charge in [0.15, 0.2) is 0 Å². The number of nitrogens with two attached hydrogens (primary N) is 2. The van der Waals surface area contributed by atoms with Gasteiger partial charge in [-0.1, -0.05) is 13.3 Å². The lowest BCUT2D eigenvalue weighted by Gasteiger charge is -2.23. The van der Waals surface area contributed by atoms with E-state index < -0.39 is 5.91 Å². The zero-order valence-corrected chi connectivity index (χ0v) is 11.1. The molecule has 100 valence electrons. The molecule has 0 rings (SSSR count). The molecule has 0 aromatic heterocycles. The monoisotopic (exact) mass is 243 g/mol. The SMILES string of the molecule is CCN(CC(N)=O)C(=O)C(C)CCCC(C)N. The van der Waals surface area contributed by atoms with Crippen LogP contribution in [0.1, 0.15) is 40.0 Å². The van der Waals surface area contributed by atoms with E-state index in [2.05, 4.69) is 0 Å². The molecule has 2 atom stereocenters. The van der Waals surface area contributed by atoms with Gasteiger partial charge in [-0.2, -0.15) is 0 Å². The smallest absolute Gasteiger partial charge is 0.237 e. The Kier molecular flexibility index (Phi) is 7.54. The Balaban J connectivity index is 4.12. The van der Waals surface area contributed by atoms with Crippen LogP contribution in [0.4, 0.5) is 0 Å². The number of likely N-dealkylation sites (N-methyl/N-ethyl adjacent to an activating group) is 1. The lowest BCUT2D eigenvalue weighted by Crippen LogP contribution is -2.41. The van der Waals surface area contributed by atoms with Crippen molar-refractivity contribution in [2.45, 2.75) is 46.1 Å². The summed E-state index contributed by atoms with van der Waals surface area (Å²) in [5.41, 5.74) is 10.7. The topological polar surface area (TPSA) is 89.4 Å². The molecule has 0 aliphatic rings. The van der Waals surface area contributed by atoms with E-state index >= 15 is 0 Å². The maximum absolute atomic E-state index is 12.0. The first-order valence-electron chi connectivity index (χ1n) is 6.21. The summed E-state index contributed by atoms with van der Waals surface area (Å²) >= 11 is 0. The summed E-state index contributed by atoms with van der Waals surface area (Å²) in [7, 11) is 0. The van der Waals surface area contributed by atoms with Gasteiger partial charge in [0.05, 0.1) is 6.54 Å². The molecular formula is C12H25N3O2. The van der Waals surface area contributed by atoms with E-state index in [0.717, 1.165) is 19.3 Å². The normalized spacial score (nSPS) is 14.1. The van der Waals surface area contributed by atoms with Crippen molar-refractivity contribution in [2.75, 3.05) is 13.1 Å². The predicted octanol–water partition coefficient (Wildman–Crippen LogP) is 0.474. The lowest BCUT2D eigenvalue weighted by molar-refractivity contribution is -0.138. The summed E-state index contributed by atoms with van der Waals surface area (Å²) in [4.78, 5) is 24.3. The van der Waals surface area contributed by atoms with E-state index in [0.29, 0.717) is 6.54 Å². The number of nitrogens with zero attached hydrogens (tertiary/aromatic N) is 1. The van der Waals surface area contributed by atoms with Crippen LogP contribution in [0.25, 0.3) is 0 Å². The molecule has 4 N–H and O–H groups in total. The van der Waals surface area contributed by atoms with E-state index in [1.807, 2.05) is 20.8 Å². The van der Waals surface area contributed by atoms with Crippen LogP contribution in [-0.4, -0.2) is 35.8 Å². The fourth-order valence-corrected chi connectivity index (χ4v) is 1.71. The number of rotatable bonds is 8. The Morgan fingerprint density at radius 2 is 1.82 bits per heavy atom. The molecule has 0 heterocycles. The number of primary amides is 1. The van der Waals surface area contributed by atoms with Crippen LogP contribution in [0.3, 0.4) is 0 Å². The molecule has 2 amide bonds. The molecular weight excluding hydrogens is 218 g/mol. The molecule has 2 unspecified atom stereocenters. The highest BCUT2D eigenvalue weighted by atomic mass is 16.2. The third-order valence-electron chi connectivity index (χ3n) is 2.76. The Bertz CT molecular complexity index is 254. The van der Waals surface area contributed by atoms with Crippen LogP contribution in [0.5, 0.6) is 0 Å². The first kappa shape index (κ1) is 15.9. The number of carbonyl (C=O) groups excluding carboxylic acids is 2. The summed E-state index contributed by atoms with van der Waals surface area (Å²) in [6.45, 7) is 6.20. The van der Waals surface area contributed by atoms with Crippen LogP contribution < -0.4 is 11.5 Å². The molecule has 0 aliphatic heterocycles. The Morgan fingerprint density at radius 1 is 1.24 bits per heavy atom. The van der Waals surface area contributed by atoms with Crippen molar-refractivity contribution < 1.29 is 9.59 Å². The van der Waals surface area contributed by atoms with Crippen LogP contribution in [0.2, 0.25) is 0 Å². The van der Waals surface area contributed by atoms with Gasteiger partial charge in [-0.3, -0.25) is 9.59 Å². The standard InChI is InChI=1S/C12H25N3O2/c1-4-15(8-11(14)16)12(17)9(2)6-5-7-10(3)13/h9-10H,4-8,13H2,1-3H3,(H2,14,16). The second kappa shape index (κ2) is 8.06. The van der Waals surface area contributed by atoms with Crippen molar-refractivity contribution in [3.05, 3.63) is 0 Å². The van der Waals surface area contributed by atoms with Gasteiger partial charge in [0.2, 0.25) is 11.8 Å². The molecule has 5 nitrogen and oxygen atoms in total. The van der Waals surface area contributed by atoms with E-state index in [9.17, 15) is 9.59 Å². The lowest BCUT2D eigenvalue weighted by atomic mass is 10.0. The molecule has 0 saturated carbocycles. The molecule has 5 heteroatoms. The van der Waals surface area contributed by atoms with Crippen molar-refractivity contribution in [3.63, 3.8) is 0 Å². The average Bonchev–Trinajstić information content (AvgIpc) is 2.23. The van der Waals surface area contributed by atoms with Gasteiger partial charge in [0.25, 0.3) is 0 Å². The van der Waals surface area contributed by atoms with Crippen molar-refractivity contribution >= 4 is 11.8 Å². The summed E-state index contributed by atoms with van der Waals surface area (Å²) in [5, 5.41) is 0. The predicted molar refractivity (Wildman–Crippen MR) is 68.1 cm³/mol. The van der Waals surface area contributed by atoms with E-state index in [4.69, 9.17) is 11.5 Å². The van der Waals surface area contributed by atoms with Gasteiger partial charge in [0.1, 0.15) is 0 Å². The summed E-state index contributed by atoms with van der Waals surface area (Å²) < 4.78 is 0. The molecule has 0 aromatic rings. The van der Waals surface area contributed by atoms with Crippen molar-refractivity contribution in [1.82, 2.24) is 4.90 Å². The molecule has 0 aliphatic carbocycles. The molecule has 0 saturated heterocycles. The van der Waals surface area contributed by atoms with Gasteiger partial charge in [-0.25, -0.2) is 0 Å². The Labute approximate surface area is 104 Å². The highest BCUT2D eigenvalue weighted by Gasteiger charge is 2.20. The minimum absolute atomic E-state index is 0.00373. The van der Waals surface area contributed by atoms with Gasteiger partial charge >= 0.3 is 0 Å². The highest BCUT2D eigenvalue weighted by Crippen LogP contribution is 2.12. The molecule has 0 radical (unpaired) electrons. The summed E-state index contributed by atoms with van der Waals surface area (Å²) in [6, 6.07) is 0.171. The van der Waals surface area contributed by atoms with Crippen LogP contribution in [0, 0.1) is 5.92 Å². The number of hydrogen-bond donors (Lipinski definition) is 2. The summed E-state index contributed by atoms with van der Waals surface area (Å²) in [5.74, 6) is -0.549. The number of amides is 2. The molecule has 0 aromatic carbocycles. The zero-order chi connectivity index (χ0) is 13.4. The van der Waals surface area contributed by atoms with Crippen molar-refractivity contribution in [3.8, 4) is 0 Å². The van der Waals surface area contributed by atoms with Crippen molar-refractivity contribution in [1.29, 1.82) is 0 Å². The maximum Gasteiger partial charge on any atom is 0.237 e. The first-order chi connectivity index (χ1) is 7.88. The van der Waals surface area contributed by atoms with E-state index in [1.165, 1.54) is 4.90 Å². The Hall–Kier alpha value is -1.10.